The summed E-state index contributed by atoms with van der Waals surface area (Å²) in [6.07, 6.45) is 0. The molecule has 3 rings (SSSR count). The Morgan fingerprint density at radius 1 is 0.636 bits per heavy atom. The van der Waals surface area contributed by atoms with Gasteiger partial charge in [-0.1, -0.05) is 60.7 Å². The molecule has 3 aromatic carbocycles. The van der Waals surface area contributed by atoms with Gasteiger partial charge in [0.2, 0.25) is 0 Å². The number of ether oxygens (including phenoxy) is 1. The number of phenolic OH excluding ortho intramolecular Hbond substituents is 1. The van der Waals surface area contributed by atoms with Gasteiger partial charge in [-0.05, 0) is 39.9 Å². The number of methoxy groups -OCH3 is 1. The fraction of sp³-hybridized carbons (Fsp3) is 0.100. The number of hydrogen-bond acceptors (Lipinski definition) is 2. The van der Waals surface area contributed by atoms with E-state index in [0.717, 1.165) is 11.1 Å². The Morgan fingerprint density at radius 3 is 1.41 bits per heavy atom. The zero-order chi connectivity index (χ0) is 15.4. The summed E-state index contributed by atoms with van der Waals surface area (Å²) in [4.78, 5) is 0. The van der Waals surface area contributed by atoms with Gasteiger partial charge in [-0.15, -0.1) is 0 Å². The normalized spacial score (nSPS) is 10.6. The summed E-state index contributed by atoms with van der Waals surface area (Å²) in [6.45, 7) is 0.639. The molecule has 1 N–H and O–H groups in total. The maximum absolute atomic E-state index is 9.35. The lowest BCUT2D eigenvalue weighted by Gasteiger charge is -2.06. The van der Waals surface area contributed by atoms with Crippen molar-refractivity contribution in [1.82, 2.24) is 0 Å². The molecule has 2 heteroatoms. The predicted molar refractivity (Wildman–Crippen MR) is 89.7 cm³/mol. The summed E-state index contributed by atoms with van der Waals surface area (Å²) < 4.78 is 5.13. The summed E-state index contributed by atoms with van der Waals surface area (Å²) >= 11 is 0. The summed E-state index contributed by atoms with van der Waals surface area (Å²) in [5, 5.41) is 9.35. The predicted octanol–water partition coefficient (Wildman–Crippen LogP) is 4.87. The van der Waals surface area contributed by atoms with Crippen LogP contribution in [0.3, 0.4) is 0 Å². The van der Waals surface area contributed by atoms with Gasteiger partial charge >= 0.3 is 0 Å². The third-order valence-electron chi connectivity index (χ3n) is 3.68. The van der Waals surface area contributed by atoms with E-state index < -0.39 is 0 Å². The lowest BCUT2D eigenvalue weighted by molar-refractivity contribution is 0.185. The Hall–Kier alpha value is -2.58. The van der Waals surface area contributed by atoms with Crippen molar-refractivity contribution in [2.75, 3.05) is 7.11 Å². The van der Waals surface area contributed by atoms with Crippen molar-refractivity contribution in [2.45, 2.75) is 6.61 Å². The molecule has 0 bridgehead atoms. The molecule has 0 spiro atoms. The molecule has 0 unspecified atom stereocenters. The highest BCUT2D eigenvalue weighted by Crippen LogP contribution is 2.26. The SMILES string of the molecule is COCc1ccc(-c2ccc(-c3ccc(O)cc3)cc2)cc1. The molecule has 22 heavy (non-hydrogen) atoms. The van der Waals surface area contributed by atoms with Crippen LogP contribution < -0.4 is 0 Å². The highest BCUT2D eigenvalue weighted by atomic mass is 16.5. The maximum atomic E-state index is 9.35. The molecule has 0 aliphatic heterocycles. The molecular weight excluding hydrogens is 272 g/mol. The van der Waals surface area contributed by atoms with E-state index in [2.05, 4.69) is 48.5 Å². The second kappa shape index (κ2) is 6.46. The van der Waals surface area contributed by atoms with Crippen LogP contribution >= 0.6 is 0 Å². The molecule has 0 radical (unpaired) electrons. The molecule has 0 atom stereocenters. The Kier molecular flexibility index (Phi) is 4.22. The van der Waals surface area contributed by atoms with Crippen molar-refractivity contribution >= 4 is 0 Å². The Morgan fingerprint density at radius 2 is 1.00 bits per heavy atom. The van der Waals surface area contributed by atoms with Crippen LogP contribution in [0, 0.1) is 0 Å². The largest absolute Gasteiger partial charge is 0.508 e. The first-order valence-electron chi connectivity index (χ1n) is 7.24. The minimum absolute atomic E-state index is 0.288. The van der Waals surface area contributed by atoms with E-state index in [9.17, 15) is 5.11 Å². The smallest absolute Gasteiger partial charge is 0.115 e. The van der Waals surface area contributed by atoms with Gasteiger partial charge in [0.15, 0.2) is 0 Å². The topological polar surface area (TPSA) is 29.5 Å². The van der Waals surface area contributed by atoms with Crippen molar-refractivity contribution in [2.24, 2.45) is 0 Å². The van der Waals surface area contributed by atoms with E-state index >= 15 is 0 Å². The van der Waals surface area contributed by atoms with Crippen molar-refractivity contribution < 1.29 is 9.84 Å². The molecule has 3 aromatic rings. The molecule has 0 saturated heterocycles. The van der Waals surface area contributed by atoms with Crippen molar-refractivity contribution in [3.8, 4) is 28.0 Å². The van der Waals surface area contributed by atoms with Gasteiger partial charge in [-0.2, -0.15) is 0 Å². The number of rotatable bonds is 4. The number of aromatic hydroxyl groups is 1. The van der Waals surface area contributed by atoms with Crippen LogP contribution in [0.1, 0.15) is 5.56 Å². The Balaban J connectivity index is 1.83. The summed E-state index contributed by atoms with van der Waals surface area (Å²) in [7, 11) is 1.70. The van der Waals surface area contributed by atoms with Crippen LogP contribution in [0.25, 0.3) is 22.3 Å². The standard InChI is InChI=1S/C20H18O2/c1-22-14-15-2-4-16(5-3-15)17-6-8-18(9-7-17)19-10-12-20(21)13-11-19/h2-13,21H,14H2,1H3. The first-order chi connectivity index (χ1) is 10.8. The molecule has 0 aliphatic carbocycles. The van der Waals surface area contributed by atoms with Crippen LogP contribution in [0.15, 0.2) is 72.8 Å². The van der Waals surface area contributed by atoms with Crippen molar-refractivity contribution in [1.29, 1.82) is 0 Å². The van der Waals surface area contributed by atoms with E-state index in [-0.39, 0.29) is 5.75 Å². The molecule has 0 aromatic heterocycles. The van der Waals surface area contributed by atoms with Crippen LogP contribution in [0.4, 0.5) is 0 Å². The van der Waals surface area contributed by atoms with Crippen LogP contribution in [0.5, 0.6) is 5.75 Å². The summed E-state index contributed by atoms with van der Waals surface area (Å²) in [5.74, 6) is 0.288. The fourth-order valence-electron chi connectivity index (χ4n) is 2.47. The van der Waals surface area contributed by atoms with Crippen molar-refractivity contribution in [3.05, 3.63) is 78.4 Å². The van der Waals surface area contributed by atoms with E-state index in [4.69, 9.17) is 4.74 Å². The number of benzene rings is 3. The summed E-state index contributed by atoms with van der Waals surface area (Å²) in [5.41, 5.74) is 5.79. The lowest BCUT2D eigenvalue weighted by Crippen LogP contribution is -1.87. The minimum atomic E-state index is 0.288. The Labute approximate surface area is 130 Å². The van der Waals surface area contributed by atoms with Gasteiger partial charge in [0.05, 0.1) is 6.61 Å². The molecular formula is C20H18O2. The van der Waals surface area contributed by atoms with Crippen molar-refractivity contribution in [3.63, 3.8) is 0 Å². The summed E-state index contributed by atoms with van der Waals surface area (Å²) in [6, 6.07) is 24.1. The quantitative estimate of drug-likeness (QED) is 0.742. The Bertz CT molecular complexity index is 726. The highest BCUT2D eigenvalue weighted by Gasteiger charge is 2.01. The highest BCUT2D eigenvalue weighted by molar-refractivity contribution is 5.70. The average Bonchev–Trinajstić information content (AvgIpc) is 2.57. The van der Waals surface area contributed by atoms with E-state index in [1.54, 1.807) is 19.2 Å². The van der Waals surface area contributed by atoms with Gasteiger partial charge in [-0.25, -0.2) is 0 Å². The van der Waals surface area contributed by atoms with E-state index in [1.807, 2.05) is 12.1 Å². The van der Waals surface area contributed by atoms with Gasteiger partial charge in [0.25, 0.3) is 0 Å². The molecule has 0 fully saturated rings. The average molecular weight is 290 g/mol. The molecule has 110 valence electrons. The van der Waals surface area contributed by atoms with Crippen LogP contribution in [-0.2, 0) is 11.3 Å². The fourth-order valence-corrected chi connectivity index (χ4v) is 2.47. The number of phenols is 1. The van der Waals surface area contributed by atoms with Crippen LogP contribution in [-0.4, -0.2) is 12.2 Å². The van der Waals surface area contributed by atoms with E-state index in [1.165, 1.54) is 16.7 Å². The van der Waals surface area contributed by atoms with E-state index in [0.29, 0.717) is 6.61 Å². The third-order valence-corrected chi connectivity index (χ3v) is 3.68. The number of hydrogen-bond donors (Lipinski definition) is 1. The van der Waals surface area contributed by atoms with Gasteiger partial charge in [0, 0.05) is 7.11 Å². The third kappa shape index (κ3) is 3.18. The second-order valence-corrected chi connectivity index (χ2v) is 5.25. The monoisotopic (exact) mass is 290 g/mol. The maximum Gasteiger partial charge on any atom is 0.115 e. The molecule has 0 saturated carbocycles. The molecule has 0 heterocycles. The van der Waals surface area contributed by atoms with Gasteiger partial charge in [0.1, 0.15) is 5.75 Å². The minimum Gasteiger partial charge on any atom is -0.508 e. The first-order valence-corrected chi connectivity index (χ1v) is 7.24. The van der Waals surface area contributed by atoms with Crippen LogP contribution in [0.2, 0.25) is 0 Å². The zero-order valence-electron chi connectivity index (χ0n) is 12.5. The second-order valence-electron chi connectivity index (χ2n) is 5.25. The van der Waals surface area contributed by atoms with Gasteiger partial charge in [-0.3, -0.25) is 0 Å². The molecule has 0 aliphatic rings. The first kappa shape index (κ1) is 14.4. The molecule has 0 amide bonds. The zero-order valence-corrected chi connectivity index (χ0v) is 12.5. The molecule has 2 nitrogen and oxygen atoms in total. The lowest BCUT2D eigenvalue weighted by atomic mass is 9.99. The van der Waals surface area contributed by atoms with Gasteiger partial charge < -0.3 is 9.84 Å².